The summed E-state index contributed by atoms with van der Waals surface area (Å²) in [5.74, 6) is 3.95. The van der Waals surface area contributed by atoms with Gasteiger partial charge in [0.1, 0.15) is 11.5 Å². The zero-order valence-corrected chi connectivity index (χ0v) is 19.0. The monoisotopic (exact) mass is 440 g/mol. The molecule has 0 spiro atoms. The molecule has 7 nitrogen and oxygen atoms in total. The molecule has 2 atom stereocenters. The number of nitrogens with zero attached hydrogens (tertiary/aromatic N) is 4. The smallest absolute Gasteiger partial charge is 0.228 e. The summed E-state index contributed by atoms with van der Waals surface area (Å²) in [7, 11) is 1.61. The van der Waals surface area contributed by atoms with E-state index in [9.17, 15) is 4.79 Å². The highest BCUT2D eigenvalue weighted by molar-refractivity contribution is 7.99. The van der Waals surface area contributed by atoms with Gasteiger partial charge >= 0.3 is 0 Å². The van der Waals surface area contributed by atoms with Crippen LogP contribution in [0.15, 0.2) is 52.2 Å². The number of anilines is 1. The normalized spacial score (nSPS) is 18.9. The fourth-order valence-corrected chi connectivity index (χ4v) is 4.96. The molecule has 1 aromatic carbocycles. The predicted molar refractivity (Wildman–Crippen MR) is 121 cm³/mol. The lowest BCUT2D eigenvalue weighted by Crippen LogP contribution is -2.40. The van der Waals surface area contributed by atoms with E-state index in [-0.39, 0.29) is 11.5 Å². The van der Waals surface area contributed by atoms with E-state index in [2.05, 4.69) is 33.5 Å². The molecule has 0 bridgehead atoms. The topological polar surface area (TPSA) is 73.4 Å². The Balaban J connectivity index is 1.53. The predicted octanol–water partition coefficient (Wildman–Crippen LogP) is 4.39. The molecule has 0 N–H and O–H groups in total. The van der Waals surface area contributed by atoms with Gasteiger partial charge in [-0.15, -0.1) is 10.2 Å². The van der Waals surface area contributed by atoms with Gasteiger partial charge in [0, 0.05) is 18.7 Å². The summed E-state index contributed by atoms with van der Waals surface area (Å²) in [6.45, 7) is 7.00. The number of methoxy groups -OCH3 is 1. The molecule has 1 aliphatic rings. The van der Waals surface area contributed by atoms with Crippen LogP contribution in [0.5, 0.6) is 5.75 Å². The Bertz CT molecular complexity index is 991. The molecule has 0 aliphatic carbocycles. The van der Waals surface area contributed by atoms with Crippen LogP contribution in [0.3, 0.4) is 0 Å². The quantitative estimate of drug-likeness (QED) is 0.380. The molecule has 0 radical (unpaired) electrons. The van der Waals surface area contributed by atoms with Gasteiger partial charge in [0.25, 0.3) is 0 Å². The second-order valence-corrected chi connectivity index (χ2v) is 9.18. The van der Waals surface area contributed by atoms with E-state index in [1.54, 1.807) is 37.6 Å². The van der Waals surface area contributed by atoms with E-state index in [0.717, 1.165) is 35.7 Å². The molecule has 4 rings (SSSR count). The van der Waals surface area contributed by atoms with Gasteiger partial charge in [-0.25, -0.2) is 0 Å². The van der Waals surface area contributed by atoms with Crippen molar-refractivity contribution < 1.29 is 13.9 Å². The van der Waals surface area contributed by atoms with Crippen molar-refractivity contribution in [3.8, 4) is 5.75 Å². The van der Waals surface area contributed by atoms with Crippen molar-refractivity contribution >= 4 is 23.5 Å². The van der Waals surface area contributed by atoms with E-state index in [1.165, 1.54) is 18.2 Å². The van der Waals surface area contributed by atoms with Crippen LogP contribution >= 0.6 is 11.8 Å². The van der Waals surface area contributed by atoms with Crippen molar-refractivity contribution in [3.05, 3.63) is 54.0 Å². The number of furan rings is 1. The number of thioether (sulfide) groups is 1. The second kappa shape index (κ2) is 9.60. The van der Waals surface area contributed by atoms with Crippen LogP contribution < -0.4 is 9.64 Å². The maximum absolute atomic E-state index is 12.7. The Morgan fingerprint density at radius 2 is 1.90 bits per heavy atom. The van der Waals surface area contributed by atoms with E-state index in [4.69, 9.17) is 9.15 Å². The minimum atomic E-state index is 0.0435. The summed E-state index contributed by atoms with van der Waals surface area (Å²) in [6.07, 6.45) is 2.89. The number of hydrogen-bond acceptors (Lipinski definition) is 7. The largest absolute Gasteiger partial charge is 0.497 e. The first kappa shape index (κ1) is 21.5. The molecular weight excluding hydrogens is 412 g/mol. The number of piperidine rings is 1. The highest BCUT2D eigenvalue weighted by Gasteiger charge is 2.27. The molecule has 1 saturated heterocycles. The Labute approximate surface area is 186 Å². The molecule has 164 valence electrons. The molecule has 2 aromatic heterocycles. The summed E-state index contributed by atoms with van der Waals surface area (Å²) in [5, 5.41) is 9.67. The zero-order valence-electron chi connectivity index (χ0n) is 18.2. The lowest BCUT2D eigenvalue weighted by Gasteiger charge is -2.35. The standard InChI is InChI=1S/C23H28N4O3S/c1-16-11-17(2)13-26(12-16)22-24-25-23(27(22)14-20-5-4-10-30-20)31-15-21(28)18-6-8-19(29-3)9-7-18/h4-10,16-17H,11-15H2,1-3H3/t16-,17+. The molecular formula is C23H28N4O3S. The van der Waals surface area contributed by atoms with E-state index >= 15 is 0 Å². The maximum Gasteiger partial charge on any atom is 0.228 e. The van der Waals surface area contributed by atoms with Crippen molar-refractivity contribution in [3.63, 3.8) is 0 Å². The van der Waals surface area contributed by atoms with Crippen LogP contribution in [0.2, 0.25) is 0 Å². The van der Waals surface area contributed by atoms with Crippen molar-refractivity contribution in [2.24, 2.45) is 11.8 Å². The Morgan fingerprint density at radius 1 is 1.16 bits per heavy atom. The number of benzene rings is 1. The number of carbonyl (C=O) groups is 1. The number of carbonyl (C=O) groups excluding carboxylic acids is 1. The number of rotatable bonds is 8. The number of hydrogen-bond donors (Lipinski definition) is 0. The van der Waals surface area contributed by atoms with Crippen LogP contribution in [0.4, 0.5) is 5.95 Å². The lowest BCUT2D eigenvalue weighted by atomic mass is 9.92. The average molecular weight is 441 g/mol. The lowest BCUT2D eigenvalue weighted by molar-refractivity contribution is 0.102. The highest BCUT2D eigenvalue weighted by atomic mass is 32.2. The van der Waals surface area contributed by atoms with E-state index in [0.29, 0.717) is 23.9 Å². The van der Waals surface area contributed by atoms with Gasteiger partial charge in [0.05, 0.1) is 25.7 Å². The summed E-state index contributed by atoms with van der Waals surface area (Å²) in [6, 6.07) is 11.0. The Kier molecular flexibility index (Phi) is 6.65. The van der Waals surface area contributed by atoms with Gasteiger partial charge in [0.15, 0.2) is 10.9 Å². The van der Waals surface area contributed by atoms with Gasteiger partial charge < -0.3 is 14.1 Å². The first-order chi connectivity index (χ1) is 15.0. The van der Waals surface area contributed by atoms with Crippen molar-refractivity contribution in [2.75, 3.05) is 30.9 Å². The second-order valence-electron chi connectivity index (χ2n) is 8.24. The number of aromatic nitrogens is 3. The van der Waals surface area contributed by atoms with Gasteiger partial charge in [-0.2, -0.15) is 0 Å². The third-order valence-corrected chi connectivity index (χ3v) is 6.45. The maximum atomic E-state index is 12.7. The summed E-state index contributed by atoms with van der Waals surface area (Å²) >= 11 is 1.41. The van der Waals surface area contributed by atoms with Crippen molar-refractivity contribution in [1.29, 1.82) is 0 Å². The molecule has 3 aromatic rings. The fraction of sp³-hybridized carbons (Fsp3) is 0.435. The van der Waals surface area contributed by atoms with Crippen LogP contribution in [-0.4, -0.2) is 46.5 Å². The summed E-state index contributed by atoms with van der Waals surface area (Å²) < 4.78 is 12.8. The van der Waals surface area contributed by atoms with Crippen LogP contribution in [-0.2, 0) is 6.54 Å². The van der Waals surface area contributed by atoms with E-state index < -0.39 is 0 Å². The first-order valence-electron chi connectivity index (χ1n) is 10.5. The molecule has 0 saturated carbocycles. The average Bonchev–Trinajstić information content (AvgIpc) is 3.42. The van der Waals surface area contributed by atoms with Gasteiger partial charge in [-0.3, -0.25) is 9.36 Å². The number of ketones is 1. The molecule has 1 fully saturated rings. The van der Waals surface area contributed by atoms with Crippen LogP contribution in [0, 0.1) is 11.8 Å². The molecule has 1 aliphatic heterocycles. The van der Waals surface area contributed by atoms with Gasteiger partial charge in [0.2, 0.25) is 5.95 Å². The molecule has 31 heavy (non-hydrogen) atoms. The third kappa shape index (κ3) is 5.12. The highest BCUT2D eigenvalue weighted by Crippen LogP contribution is 2.29. The molecule has 0 amide bonds. The molecule has 3 heterocycles. The number of ether oxygens (including phenoxy) is 1. The van der Waals surface area contributed by atoms with E-state index in [1.807, 2.05) is 12.1 Å². The SMILES string of the molecule is COc1ccc(C(=O)CSc2nnc(N3C[C@H](C)C[C@H](C)C3)n2Cc2ccco2)cc1. The Morgan fingerprint density at radius 3 is 2.55 bits per heavy atom. The van der Waals surface area contributed by atoms with Crippen molar-refractivity contribution in [1.82, 2.24) is 14.8 Å². The molecule has 8 heteroatoms. The van der Waals surface area contributed by atoms with Gasteiger partial charge in [-0.1, -0.05) is 25.6 Å². The Hall–Kier alpha value is -2.74. The minimum absolute atomic E-state index is 0.0435. The first-order valence-corrected chi connectivity index (χ1v) is 11.5. The van der Waals surface area contributed by atoms with Crippen molar-refractivity contribution in [2.45, 2.75) is 32.0 Å². The van der Waals surface area contributed by atoms with Crippen LogP contribution in [0.1, 0.15) is 36.4 Å². The number of Topliss-reactive ketones (excluding diaryl/α,β-unsaturated/α-hetero) is 1. The summed E-state index contributed by atoms with van der Waals surface area (Å²) in [5.41, 5.74) is 0.657. The summed E-state index contributed by atoms with van der Waals surface area (Å²) in [4.78, 5) is 15.0. The minimum Gasteiger partial charge on any atom is -0.497 e. The zero-order chi connectivity index (χ0) is 21.8. The third-order valence-electron chi connectivity index (χ3n) is 5.49. The molecule has 0 unspecified atom stereocenters. The fourth-order valence-electron chi connectivity index (χ4n) is 4.14. The van der Waals surface area contributed by atoms with Crippen LogP contribution in [0.25, 0.3) is 0 Å². The van der Waals surface area contributed by atoms with Gasteiger partial charge in [-0.05, 0) is 54.7 Å².